The molecular weight excluding hydrogens is 272 g/mol. The molecule has 0 saturated carbocycles. The first kappa shape index (κ1) is 13.0. The minimum absolute atomic E-state index is 0.00214. The van der Waals surface area contributed by atoms with Gasteiger partial charge in [0.15, 0.2) is 0 Å². The van der Waals surface area contributed by atoms with Gasteiger partial charge in [-0.3, -0.25) is 15.1 Å². The monoisotopic (exact) mass is 280 g/mol. The zero-order valence-electron chi connectivity index (χ0n) is 9.79. The third-order valence-electron chi connectivity index (χ3n) is 2.09. The van der Waals surface area contributed by atoms with Gasteiger partial charge in [-0.25, -0.2) is 4.98 Å². The highest BCUT2D eigenvalue weighted by atomic mass is 35.5. The third kappa shape index (κ3) is 3.29. The van der Waals surface area contributed by atoms with E-state index in [1.807, 2.05) is 0 Å². The first-order valence-corrected chi connectivity index (χ1v) is 5.50. The molecule has 8 heteroatoms. The van der Waals surface area contributed by atoms with Crippen LogP contribution >= 0.6 is 11.6 Å². The summed E-state index contributed by atoms with van der Waals surface area (Å²) in [4.78, 5) is 23.3. The molecule has 2 N–H and O–H groups in total. The lowest BCUT2D eigenvalue weighted by Crippen LogP contribution is -2.14. The number of halogens is 1. The van der Waals surface area contributed by atoms with Crippen LogP contribution in [-0.2, 0) is 0 Å². The highest BCUT2D eigenvalue weighted by Crippen LogP contribution is 2.16. The van der Waals surface area contributed by atoms with Crippen molar-refractivity contribution in [3.05, 3.63) is 35.2 Å². The SMILES string of the molecule is COc1cc(Cl)nc(NC(=O)c2cncc(O)c2)n1. The van der Waals surface area contributed by atoms with Crippen molar-refractivity contribution in [2.45, 2.75) is 0 Å². The number of hydrogen-bond acceptors (Lipinski definition) is 6. The van der Waals surface area contributed by atoms with Crippen molar-refractivity contribution < 1.29 is 14.6 Å². The summed E-state index contributed by atoms with van der Waals surface area (Å²) in [5.74, 6) is -0.410. The minimum Gasteiger partial charge on any atom is -0.506 e. The van der Waals surface area contributed by atoms with Crippen molar-refractivity contribution in [3.8, 4) is 11.6 Å². The van der Waals surface area contributed by atoms with Gasteiger partial charge in [0.25, 0.3) is 5.91 Å². The van der Waals surface area contributed by atoms with Crippen molar-refractivity contribution in [2.75, 3.05) is 12.4 Å². The number of nitrogens with one attached hydrogen (secondary N) is 1. The second-order valence-electron chi connectivity index (χ2n) is 3.44. The number of aromatic nitrogens is 3. The Kier molecular flexibility index (Phi) is 3.76. The average Bonchev–Trinajstić information content (AvgIpc) is 2.38. The molecule has 1 amide bonds. The molecule has 0 bridgehead atoms. The molecule has 2 aromatic rings. The molecule has 0 atom stereocenters. The van der Waals surface area contributed by atoms with Gasteiger partial charge < -0.3 is 9.84 Å². The van der Waals surface area contributed by atoms with Gasteiger partial charge in [0.2, 0.25) is 11.8 Å². The van der Waals surface area contributed by atoms with Gasteiger partial charge >= 0.3 is 0 Å². The van der Waals surface area contributed by atoms with E-state index in [2.05, 4.69) is 20.3 Å². The minimum atomic E-state index is -0.521. The van der Waals surface area contributed by atoms with Gasteiger partial charge in [0.1, 0.15) is 10.9 Å². The average molecular weight is 281 g/mol. The standard InChI is InChI=1S/C11H9ClN4O3/c1-19-9-3-8(12)14-11(15-9)16-10(18)6-2-7(17)5-13-4-6/h2-5,17H,1H3,(H,14,15,16,18). The quantitative estimate of drug-likeness (QED) is 0.827. The largest absolute Gasteiger partial charge is 0.506 e. The van der Waals surface area contributed by atoms with Crippen molar-refractivity contribution in [1.29, 1.82) is 0 Å². The van der Waals surface area contributed by atoms with Gasteiger partial charge in [0, 0.05) is 12.3 Å². The fraction of sp³-hybridized carbons (Fsp3) is 0.0909. The van der Waals surface area contributed by atoms with Gasteiger partial charge in [-0.2, -0.15) is 4.98 Å². The molecule has 2 heterocycles. The van der Waals surface area contributed by atoms with Crippen LogP contribution < -0.4 is 10.1 Å². The summed E-state index contributed by atoms with van der Waals surface area (Å²) in [6.45, 7) is 0. The maximum Gasteiger partial charge on any atom is 0.259 e. The smallest absolute Gasteiger partial charge is 0.259 e. The van der Waals surface area contributed by atoms with Crippen LogP contribution in [-0.4, -0.2) is 33.1 Å². The fourth-order valence-electron chi connectivity index (χ4n) is 1.28. The summed E-state index contributed by atoms with van der Waals surface area (Å²) in [6, 6.07) is 2.68. The molecule has 0 unspecified atom stereocenters. The molecule has 0 radical (unpaired) electrons. The molecule has 0 aromatic carbocycles. The van der Waals surface area contributed by atoms with E-state index in [-0.39, 0.29) is 28.3 Å². The Morgan fingerprint density at radius 3 is 2.84 bits per heavy atom. The number of anilines is 1. The van der Waals surface area contributed by atoms with E-state index in [1.165, 1.54) is 31.6 Å². The molecule has 2 rings (SSSR count). The Balaban J connectivity index is 2.21. The van der Waals surface area contributed by atoms with Crippen LogP contribution in [0.25, 0.3) is 0 Å². The number of carbonyl (C=O) groups excluding carboxylic acids is 1. The van der Waals surface area contributed by atoms with E-state index >= 15 is 0 Å². The third-order valence-corrected chi connectivity index (χ3v) is 2.29. The summed E-state index contributed by atoms with van der Waals surface area (Å²) < 4.78 is 4.90. The zero-order valence-corrected chi connectivity index (χ0v) is 10.5. The molecule has 0 aliphatic carbocycles. The molecule has 0 fully saturated rings. The Hall–Kier alpha value is -2.41. The Morgan fingerprint density at radius 2 is 2.16 bits per heavy atom. The van der Waals surface area contributed by atoms with Gasteiger partial charge in [0.05, 0.1) is 18.9 Å². The Labute approximate surface area is 113 Å². The molecule has 0 saturated heterocycles. The maximum absolute atomic E-state index is 11.9. The lowest BCUT2D eigenvalue weighted by Gasteiger charge is -2.05. The van der Waals surface area contributed by atoms with E-state index in [0.29, 0.717) is 0 Å². The first-order chi connectivity index (χ1) is 9.08. The van der Waals surface area contributed by atoms with Crippen molar-refractivity contribution in [3.63, 3.8) is 0 Å². The van der Waals surface area contributed by atoms with Crippen LogP contribution in [0.2, 0.25) is 5.15 Å². The molecular formula is C11H9ClN4O3. The summed E-state index contributed by atoms with van der Waals surface area (Å²) >= 11 is 5.75. The van der Waals surface area contributed by atoms with Gasteiger partial charge in [-0.05, 0) is 6.07 Å². The lowest BCUT2D eigenvalue weighted by molar-refractivity contribution is 0.102. The lowest BCUT2D eigenvalue weighted by atomic mass is 10.2. The van der Waals surface area contributed by atoms with Crippen molar-refractivity contribution in [1.82, 2.24) is 15.0 Å². The second kappa shape index (κ2) is 5.49. The zero-order chi connectivity index (χ0) is 13.8. The first-order valence-electron chi connectivity index (χ1n) is 5.12. The van der Waals surface area contributed by atoms with Crippen LogP contribution in [0.4, 0.5) is 5.95 Å². The van der Waals surface area contributed by atoms with E-state index in [1.54, 1.807) is 0 Å². The summed E-state index contributed by atoms with van der Waals surface area (Å²) in [5, 5.41) is 11.8. The number of aromatic hydroxyl groups is 1. The summed E-state index contributed by atoms with van der Waals surface area (Å²) in [5.41, 5.74) is 0.169. The molecule has 98 valence electrons. The van der Waals surface area contributed by atoms with E-state index in [4.69, 9.17) is 16.3 Å². The number of amides is 1. The fourth-order valence-corrected chi connectivity index (χ4v) is 1.46. The second-order valence-corrected chi connectivity index (χ2v) is 3.83. The predicted octanol–water partition coefficient (Wildman–Crippen LogP) is 1.49. The normalized spacial score (nSPS) is 10.0. The van der Waals surface area contributed by atoms with E-state index in [9.17, 15) is 9.90 Å². The van der Waals surface area contributed by atoms with Crippen LogP contribution in [0.15, 0.2) is 24.5 Å². The van der Waals surface area contributed by atoms with Gasteiger partial charge in [-0.15, -0.1) is 0 Å². The molecule has 0 spiro atoms. The molecule has 19 heavy (non-hydrogen) atoms. The molecule has 0 aliphatic heterocycles. The number of hydrogen-bond donors (Lipinski definition) is 2. The number of nitrogens with zero attached hydrogens (tertiary/aromatic N) is 3. The summed E-state index contributed by atoms with van der Waals surface area (Å²) in [7, 11) is 1.42. The Bertz CT molecular complexity index is 621. The van der Waals surface area contributed by atoms with Gasteiger partial charge in [-0.1, -0.05) is 11.6 Å². The number of carbonyl (C=O) groups is 1. The number of ether oxygens (including phenoxy) is 1. The van der Waals surface area contributed by atoms with E-state index in [0.717, 1.165) is 0 Å². The topological polar surface area (TPSA) is 97.2 Å². The summed E-state index contributed by atoms with van der Waals surface area (Å²) in [6.07, 6.45) is 2.52. The molecule has 7 nitrogen and oxygen atoms in total. The van der Waals surface area contributed by atoms with Crippen LogP contribution in [0, 0.1) is 0 Å². The predicted molar refractivity (Wildman–Crippen MR) is 67.4 cm³/mol. The number of methoxy groups -OCH3 is 1. The highest BCUT2D eigenvalue weighted by Gasteiger charge is 2.11. The highest BCUT2D eigenvalue weighted by molar-refractivity contribution is 6.29. The molecule has 0 aliphatic rings. The van der Waals surface area contributed by atoms with Crippen LogP contribution in [0.5, 0.6) is 11.6 Å². The van der Waals surface area contributed by atoms with Crippen LogP contribution in [0.1, 0.15) is 10.4 Å². The number of pyridine rings is 1. The Morgan fingerprint density at radius 1 is 1.37 bits per heavy atom. The van der Waals surface area contributed by atoms with Crippen LogP contribution in [0.3, 0.4) is 0 Å². The number of rotatable bonds is 3. The maximum atomic E-state index is 11.9. The molecule has 2 aromatic heterocycles. The van der Waals surface area contributed by atoms with Crippen molar-refractivity contribution in [2.24, 2.45) is 0 Å². The van der Waals surface area contributed by atoms with E-state index < -0.39 is 5.91 Å². The van der Waals surface area contributed by atoms with Crippen molar-refractivity contribution >= 4 is 23.5 Å².